The Balaban J connectivity index is 2.41. The van der Waals surface area contributed by atoms with Gasteiger partial charge in [-0.3, -0.25) is 28.8 Å². The monoisotopic (exact) mass is 822 g/mol. The summed E-state index contributed by atoms with van der Waals surface area (Å²) in [6.07, 6.45) is -1.57. The molecule has 8 unspecified atom stereocenters. The number of aldehydes is 1. The minimum absolute atomic E-state index is 0.0662. The van der Waals surface area contributed by atoms with E-state index in [2.05, 4.69) is 31.9 Å². The van der Waals surface area contributed by atoms with Crippen molar-refractivity contribution in [1.82, 2.24) is 41.7 Å². The fourth-order valence-electron chi connectivity index (χ4n) is 6.26. The molecule has 1 aliphatic rings. The number of nitrogens with zero attached hydrogens (tertiary/aromatic N) is 2. The molecule has 11 N–H and O–H groups in total. The fraction of sp³-hybridized carbons (Fsp3) is 0.622. The molecular weight excluding hydrogens is 764 g/mol. The molecule has 0 aliphatic carbocycles. The van der Waals surface area contributed by atoms with Gasteiger partial charge in [0, 0.05) is 40.0 Å². The Bertz CT molecular complexity index is 1560. The molecule has 58 heavy (non-hydrogen) atoms. The molecule has 1 aromatic rings. The number of benzene rings is 1. The van der Waals surface area contributed by atoms with Gasteiger partial charge in [-0.1, -0.05) is 30.3 Å². The maximum Gasteiger partial charge on any atom is 0.326 e. The molecule has 21 heteroatoms. The molecule has 0 spiro atoms. The minimum atomic E-state index is -2.12. The number of aliphatic carboxylic acids is 1. The summed E-state index contributed by atoms with van der Waals surface area (Å²) in [5, 5.41) is 65.9. The second-order valence-electron chi connectivity index (χ2n) is 14.1. The Morgan fingerprint density at radius 2 is 1.69 bits per heavy atom. The zero-order valence-corrected chi connectivity index (χ0v) is 33.2. The normalized spacial score (nSPS) is 23.7. The second-order valence-corrected chi connectivity index (χ2v) is 14.1. The average Bonchev–Trinajstić information content (AvgIpc) is 3.20. The number of carboxylic acids is 1. The molecule has 0 saturated carbocycles. The van der Waals surface area contributed by atoms with Crippen LogP contribution in [0.15, 0.2) is 30.3 Å². The van der Waals surface area contributed by atoms with Crippen LogP contribution in [0.3, 0.4) is 0 Å². The van der Waals surface area contributed by atoms with E-state index in [4.69, 9.17) is 0 Å². The minimum Gasteiger partial charge on any atom is -0.480 e. The zero-order valence-electron chi connectivity index (χ0n) is 33.2. The number of nitrogens with one attached hydrogen (secondary N) is 6. The van der Waals surface area contributed by atoms with E-state index in [0.717, 1.165) is 16.8 Å². The van der Waals surface area contributed by atoms with Gasteiger partial charge in [0.2, 0.25) is 35.4 Å². The smallest absolute Gasteiger partial charge is 0.326 e. The maximum atomic E-state index is 13.9. The highest BCUT2D eigenvalue weighted by atomic mass is 16.4. The van der Waals surface area contributed by atoms with E-state index in [-0.39, 0.29) is 51.4 Å². The van der Waals surface area contributed by atoms with Gasteiger partial charge in [0.05, 0.1) is 25.9 Å². The summed E-state index contributed by atoms with van der Waals surface area (Å²) in [7, 11) is 3.75. The van der Waals surface area contributed by atoms with Gasteiger partial charge in [0.25, 0.3) is 0 Å². The van der Waals surface area contributed by atoms with Crippen molar-refractivity contribution >= 4 is 47.7 Å². The molecule has 1 aromatic carbocycles. The summed E-state index contributed by atoms with van der Waals surface area (Å²) in [5.41, 5.74) is -1.51. The average molecular weight is 823 g/mol. The van der Waals surface area contributed by atoms with Crippen molar-refractivity contribution < 1.29 is 63.9 Å². The molecule has 1 fully saturated rings. The van der Waals surface area contributed by atoms with Crippen LogP contribution < -0.4 is 31.9 Å². The van der Waals surface area contributed by atoms with Crippen molar-refractivity contribution in [2.75, 3.05) is 54.1 Å². The van der Waals surface area contributed by atoms with Gasteiger partial charge < -0.3 is 72.0 Å². The number of rotatable bonds is 15. The summed E-state index contributed by atoms with van der Waals surface area (Å²) < 4.78 is 0. The lowest BCUT2D eigenvalue weighted by molar-refractivity contribution is -0.149. The van der Waals surface area contributed by atoms with Crippen molar-refractivity contribution in [3.63, 3.8) is 0 Å². The quantitative estimate of drug-likeness (QED) is 0.0738. The van der Waals surface area contributed by atoms with Crippen LogP contribution in [0.2, 0.25) is 0 Å². The highest BCUT2D eigenvalue weighted by Crippen LogP contribution is 2.20. The number of carbonyl (C=O) groups excluding carboxylic acids is 7. The Morgan fingerprint density at radius 1 is 1.02 bits per heavy atom. The van der Waals surface area contributed by atoms with Gasteiger partial charge in [-0.25, -0.2) is 4.79 Å². The summed E-state index contributed by atoms with van der Waals surface area (Å²) in [6.45, 7) is -1.79. The standard InChI is InChI=1S/C37H58N8O13/c1-22(50)37(21-49)20-40-28(18-47)32(53)41-24(34(55)44(3)29(19-48)33(54)43-26(36(57)58)16-23-10-6-5-7-11-23)12-8-9-15-39-30(51)14-13-25(35(56)45(37)4)42-31(52)27(17-46)38-2/h5-7,10-11,21-22,24-29,38,40,46-48,50H,8-9,12-20H2,1-4H3,(H,39,51)(H,41,53)(H,42,52)(H,43,54)(H,57,58). The summed E-state index contributed by atoms with van der Waals surface area (Å²) in [6, 6.07) is 0.0157. The molecule has 1 saturated heterocycles. The zero-order chi connectivity index (χ0) is 43.6. The Labute approximate surface area is 336 Å². The van der Waals surface area contributed by atoms with Crippen LogP contribution in [0.25, 0.3) is 0 Å². The largest absolute Gasteiger partial charge is 0.480 e. The van der Waals surface area contributed by atoms with Crippen LogP contribution in [0.5, 0.6) is 0 Å². The highest BCUT2D eigenvalue weighted by molar-refractivity contribution is 5.95. The van der Waals surface area contributed by atoms with E-state index in [1.807, 2.05) is 0 Å². The van der Waals surface area contributed by atoms with Crippen LogP contribution in [-0.4, -0.2) is 185 Å². The predicted octanol–water partition coefficient (Wildman–Crippen LogP) is -5.02. The third-order valence-corrected chi connectivity index (χ3v) is 10.2. The summed E-state index contributed by atoms with van der Waals surface area (Å²) in [4.78, 5) is 107. The van der Waals surface area contributed by atoms with Gasteiger partial charge in [-0.05, 0) is 45.2 Å². The topological polar surface area (TPSA) is 316 Å². The molecule has 0 bridgehead atoms. The number of carbonyl (C=O) groups is 8. The number of amides is 6. The first kappa shape index (κ1) is 49.1. The Hall–Kier alpha value is -5.06. The molecule has 6 amide bonds. The van der Waals surface area contributed by atoms with Crippen LogP contribution >= 0.6 is 0 Å². The van der Waals surface area contributed by atoms with E-state index >= 15 is 0 Å². The van der Waals surface area contributed by atoms with E-state index in [1.54, 1.807) is 30.3 Å². The maximum absolute atomic E-state index is 13.9. The molecule has 21 nitrogen and oxygen atoms in total. The van der Waals surface area contributed by atoms with Gasteiger partial charge in [-0.2, -0.15) is 0 Å². The van der Waals surface area contributed by atoms with E-state index in [0.29, 0.717) is 5.56 Å². The molecule has 8 atom stereocenters. The predicted molar refractivity (Wildman–Crippen MR) is 205 cm³/mol. The van der Waals surface area contributed by atoms with Crippen molar-refractivity contribution in [1.29, 1.82) is 0 Å². The summed E-state index contributed by atoms with van der Waals surface area (Å²) in [5.74, 6) is -6.36. The molecule has 324 valence electrons. The first-order valence-corrected chi connectivity index (χ1v) is 18.9. The number of likely N-dealkylation sites (N-methyl/N-ethyl adjacent to an activating group) is 3. The first-order valence-electron chi connectivity index (χ1n) is 18.9. The van der Waals surface area contributed by atoms with Gasteiger partial charge in [0.15, 0.2) is 0 Å². The Morgan fingerprint density at radius 3 is 2.24 bits per heavy atom. The number of hydrogen-bond donors (Lipinski definition) is 11. The molecule has 2 rings (SSSR count). The number of aliphatic hydroxyl groups is 4. The number of carboxylic acid groups (broad SMARTS) is 1. The van der Waals surface area contributed by atoms with Crippen molar-refractivity contribution in [2.24, 2.45) is 0 Å². The fourth-order valence-corrected chi connectivity index (χ4v) is 6.26. The van der Waals surface area contributed by atoms with Crippen LogP contribution in [-0.2, 0) is 44.8 Å². The number of aliphatic hydroxyl groups excluding tert-OH is 4. The molecular formula is C37H58N8O13. The lowest BCUT2D eigenvalue weighted by Gasteiger charge is -2.42. The molecule has 0 radical (unpaired) electrons. The SMILES string of the molecule is CNC(CO)C(=O)NC1CCC(=O)NCCCCC(C(=O)N(C)C(CO)C(=O)NC(Cc2ccccc2)C(=O)O)NC(=O)C(CO)NCC(C=O)(C(C)O)N(C)C1=O. The first-order chi connectivity index (χ1) is 27.5. The molecule has 1 aliphatic heterocycles. The third kappa shape index (κ3) is 13.5. The van der Waals surface area contributed by atoms with E-state index in [1.165, 1.54) is 21.0 Å². The van der Waals surface area contributed by atoms with Crippen molar-refractivity contribution in [3.8, 4) is 0 Å². The lowest BCUT2D eigenvalue weighted by atomic mass is 9.91. The Kier molecular flexibility index (Phi) is 20.3. The number of hydrogen-bond acceptors (Lipinski definition) is 14. The van der Waals surface area contributed by atoms with Gasteiger partial charge in [-0.15, -0.1) is 0 Å². The van der Waals surface area contributed by atoms with Crippen LogP contribution in [0, 0.1) is 0 Å². The van der Waals surface area contributed by atoms with Gasteiger partial charge in [0.1, 0.15) is 48.1 Å². The molecule has 1 heterocycles. The highest BCUT2D eigenvalue weighted by Gasteiger charge is 2.45. The van der Waals surface area contributed by atoms with Crippen molar-refractivity contribution in [2.45, 2.75) is 93.3 Å². The van der Waals surface area contributed by atoms with Crippen LogP contribution in [0.4, 0.5) is 0 Å². The third-order valence-electron chi connectivity index (χ3n) is 10.2. The van der Waals surface area contributed by atoms with Crippen LogP contribution in [0.1, 0.15) is 44.6 Å². The summed E-state index contributed by atoms with van der Waals surface area (Å²) >= 11 is 0. The molecule has 0 aromatic heterocycles. The van der Waals surface area contributed by atoms with Gasteiger partial charge >= 0.3 is 5.97 Å². The van der Waals surface area contributed by atoms with E-state index in [9.17, 15) is 63.9 Å². The van der Waals surface area contributed by atoms with Crippen molar-refractivity contribution in [3.05, 3.63) is 35.9 Å². The second kappa shape index (κ2) is 24.0. The van der Waals surface area contributed by atoms with E-state index < -0.39 is 116 Å². The lowest BCUT2D eigenvalue weighted by Crippen LogP contribution is -2.67.